The van der Waals surface area contributed by atoms with E-state index in [9.17, 15) is 0 Å². The monoisotopic (exact) mass is 773 g/mol. The van der Waals surface area contributed by atoms with E-state index in [4.69, 9.17) is 0 Å². The fourth-order valence-electron chi connectivity index (χ4n) is 4.62. The smallest absolute Gasteiger partial charge is 0.321 e. The summed E-state index contributed by atoms with van der Waals surface area (Å²) in [5.74, 6) is 0. The summed E-state index contributed by atoms with van der Waals surface area (Å²) in [6.45, 7) is 2.09. The zero-order chi connectivity index (χ0) is 30.9. The van der Waals surface area contributed by atoms with Gasteiger partial charge < -0.3 is 15.0 Å². The van der Waals surface area contributed by atoms with E-state index in [1.807, 2.05) is 122 Å². The Morgan fingerprint density at radius 1 is 0.674 bits per heavy atom. The first-order chi connectivity index (χ1) is 22.3. The van der Waals surface area contributed by atoms with Gasteiger partial charge in [-0.3, -0.25) is 0 Å². The Morgan fingerprint density at radius 2 is 1.43 bits per heavy atom. The molecule has 0 fully saturated rings. The van der Waals surface area contributed by atoms with Crippen LogP contribution in [0.4, 0.5) is 0 Å². The van der Waals surface area contributed by atoms with Crippen LogP contribution in [0.1, 0.15) is 18.4 Å². The first-order valence-electron chi connectivity index (χ1n) is 15.0. The number of aliphatic imine (C=N–C) groups is 1. The van der Waals surface area contributed by atoms with Crippen molar-refractivity contribution in [3.8, 4) is 33.6 Å². The van der Waals surface area contributed by atoms with Crippen LogP contribution in [0, 0.1) is 25.1 Å². The minimum Gasteiger partial charge on any atom is -0.321 e. The molecule has 0 atom stereocenters. The third kappa shape index (κ3) is 10.3. The number of rotatable bonds is 4. The molecular formula is C42H34IrN3. The third-order valence-corrected chi connectivity index (χ3v) is 6.86. The topological polar surface area (TPSA) is 38.1 Å². The van der Waals surface area contributed by atoms with Crippen molar-refractivity contribution in [2.24, 2.45) is 4.99 Å². The van der Waals surface area contributed by atoms with E-state index in [0.29, 0.717) is 0 Å². The van der Waals surface area contributed by atoms with Crippen LogP contribution in [-0.2, 0) is 20.1 Å². The Bertz CT molecular complexity index is 1780. The molecule has 0 saturated heterocycles. The van der Waals surface area contributed by atoms with Crippen LogP contribution in [0.5, 0.6) is 0 Å². The second-order valence-electron chi connectivity index (χ2n) is 10.1. The normalized spacial score (nSPS) is 12.9. The fourth-order valence-corrected chi connectivity index (χ4v) is 4.62. The third-order valence-electron chi connectivity index (χ3n) is 6.86. The SMILES string of the molecule is Cc1cc(-c2ccccc2)cnc1-c1[c-]cccc1.[C-]1=C(C2=NC=CCC=C2)C=CC=CC1.[Ir+3].[c-]1ccccc1-c1ccccn1. The molecule has 5 aromatic rings. The number of aromatic nitrogens is 2. The first-order valence-corrected chi connectivity index (χ1v) is 15.0. The van der Waals surface area contributed by atoms with Gasteiger partial charge in [0, 0.05) is 18.6 Å². The fraction of sp³-hybridized carbons (Fsp3) is 0.0714. The molecule has 1 aliphatic heterocycles. The van der Waals surface area contributed by atoms with E-state index >= 15 is 0 Å². The van der Waals surface area contributed by atoms with E-state index in [1.54, 1.807) is 6.20 Å². The number of hydrogen-bond acceptors (Lipinski definition) is 3. The van der Waals surface area contributed by atoms with Crippen LogP contribution in [-0.4, -0.2) is 15.7 Å². The number of hydrogen-bond donors (Lipinski definition) is 0. The van der Waals surface area contributed by atoms with Gasteiger partial charge in [-0.2, -0.15) is 17.7 Å². The number of aryl methyl sites for hydroxylation is 1. The largest absolute Gasteiger partial charge is 3.00 e. The summed E-state index contributed by atoms with van der Waals surface area (Å²) in [4.78, 5) is 13.2. The molecule has 1 aliphatic carbocycles. The van der Waals surface area contributed by atoms with Gasteiger partial charge in [0.25, 0.3) is 0 Å². The minimum absolute atomic E-state index is 0. The molecular weight excluding hydrogens is 739 g/mol. The van der Waals surface area contributed by atoms with Crippen molar-refractivity contribution in [1.82, 2.24) is 9.97 Å². The van der Waals surface area contributed by atoms with Crippen molar-refractivity contribution in [2.75, 3.05) is 0 Å². The van der Waals surface area contributed by atoms with Crippen LogP contribution >= 0.6 is 0 Å². The first kappa shape index (κ1) is 33.9. The molecule has 46 heavy (non-hydrogen) atoms. The van der Waals surface area contributed by atoms with Gasteiger partial charge in [-0.25, -0.2) is 0 Å². The number of benzene rings is 3. The zero-order valence-electron chi connectivity index (χ0n) is 25.7. The zero-order valence-corrected chi connectivity index (χ0v) is 28.1. The van der Waals surface area contributed by atoms with Crippen molar-refractivity contribution in [3.05, 3.63) is 194 Å². The summed E-state index contributed by atoms with van der Waals surface area (Å²) in [7, 11) is 0. The van der Waals surface area contributed by atoms with Crippen LogP contribution in [0.25, 0.3) is 33.6 Å². The Morgan fingerprint density at radius 3 is 2.15 bits per heavy atom. The van der Waals surface area contributed by atoms with E-state index in [0.717, 1.165) is 52.2 Å². The molecule has 0 amide bonds. The second kappa shape index (κ2) is 18.7. The van der Waals surface area contributed by atoms with Gasteiger partial charge in [-0.05, 0) is 47.6 Å². The minimum atomic E-state index is 0. The average Bonchev–Trinajstić information content (AvgIpc) is 3.57. The van der Waals surface area contributed by atoms with Crippen LogP contribution in [0.2, 0.25) is 0 Å². The quantitative estimate of drug-likeness (QED) is 0.171. The maximum absolute atomic E-state index is 4.59. The number of nitrogens with zero attached hydrogens (tertiary/aromatic N) is 3. The Labute approximate surface area is 286 Å². The van der Waals surface area contributed by atoms with Gasteiger partial charge in [0.2, 0.25) is 0 Å². The summed E-state index contributed by atoms with van der Waals surface area (Å²) in [5, 5.41) is 0. The van der Waals surface area contributed by atoms with Crippen LogP contribution in [0.15, 0.2) is 175 Å². The average molecular weight is 773 g/mol. The molecule has 7 rings (SSSR count). The Balaban J connectivity index is 0.000000160. The van der Waals surface area contributed by atoms with Gasteiger partial charge in [0.05, 0.1) is 0 Å². The van der Waals surface area contributed by atoms with Crippen molar-refractivity contribution in [3.63, 3.8) is 0 Å². The molecule has 0 radical (unpaired) electrons. The van der Waals surface area contributed by atoms with Gasteiger partial charge in [-0.1, -0.05) is 90.9 Å². The van der Waals surface area contributed by atoms with Gasteiger partial charge in [0.1, 0.15) is 0 Å². The summed E-state index contributed by atoms with van der Waals surface area (Å²) in [6.07, 6.45) is 25.1. The van der Waals surface area contributed by atoms with E-state index in [-0.39, 0.29) is 20.1 Å². The van der Waals surface area contributed by atoms with E-state index in [2.05, 4.69) is 76.5 Å². The summed E-state index contributed by atoms with van der Waals surface area (Å²) >= 11 is 0. The molecule has 4 heteroatoms. The molecule has 2 aromatic heterocycles. The molecule has 3 heterocycles. The van der Waals surface area contributed by atoms with Gasteiger partial charge >= 0.3 is 20.1 Å². The molecule has 226 valence electrons. The van der Waals surface area contributed by atoms with E-state index in [1.165, 1.54) is 11.1 Å². The van der Waals surface area contributed by atoms with Crippen LogP contribution in [0.3, 0.4) is 0 Å². The van der Waals surface area contributed by atoms with Crippen molar-refractivity contribution in [1.29, 1.82) is 0 Å². The second-order valence-corrected chi connectivity index (χ2v) is 10.1. The van der Waals surface area contributed by atoms with E-state index < -0.39 is 0 Å². The molecule has 0 N–H and O–H groups in total. The molecule has 0 saturated carbocycles. The van der Waals surface area contributed by atoms with Crippen molar-refractivity contribution < 1.29 is 20.1 Å². The maximum atomic E-state index is 4.59. The summed E-state index contributed by atoms with van der Waals surface area (Å²) in [6, 6.07) is 40.5. The molecule has 3 nitrogen and oxygen atoms in total. The van der Waals surface area contributed by atoms with Crippen molar-refractivity contribution in [2.45, 2.75) is 19.8 Å². The standard InChI is InChI=1S/C18H14N.C13H12N.C11H8N.Ir/c1-14-12-17(15-8-4-2-5-9-15)13-19-18(14)16-10-6-3-7-11-16;1-2-5-9-12(8-4-1)13-10-6-3-7-11-14-13;1-2-6-10(7-3-1)11-8-4-5-9-12-11;/h2-10,12-13H,1H3;1-2,4,6-8,10-11H,3,5H2;1-6,8-9H;/q3*-1;+3. The predicted molar refractivity (Wildman–Crippen MR) is 187 cm³/mol. The summed E-state index contributed by atoms with van der Waals surface area (Å²) < 4.78 is 0. The van der Waals surface area contributed by atoms with Gasteiger partial charge in [-0.15, -0.1) is 77.9 Å². The Hall–Kier alpha value is -5.02. The molecule has 0 bridgehead atoms. The predicted octanol–water partition coefficient (Wildman–Crippen LogP) is 10.2. The van der Waals surface area contributed by atoms with Crippen LogP contribution < -0.4 is 0 Å². The molecule has 2 aliphatic rings. The molecule has 3 aromatic carbocycles. The van der Waals surface area contributed by atoms with Crippen molar-refractivity contribution >= 4 is 5.71 Å². The number of pyridine rings is 2. The molecule has 0 spiro atoms. The Kier molecular flexibility index (Phi) is 13.8. The molecule has 0 unspecified atom stereocenters. The van der Waals surface area contributed by atoms with Gasteiger partial charge in [0.15, 0.2) is 0 Å². The number of allylic oxidation sites excluding steroid dienone is 9. The summed E-state index contributed by atoms with van der Waals surface area (Å²) in [5.41, 5.74) is 9.65. The maximum Gasteiger partial charge on any atom is 3.00 e.